The van der Waals surface area contributed by atoms with E-state index < -0.39 is 0 Å². The molecule has 1 N–H and O–H groups in total. The van der Waals surface area contributed by atoms with E-state index in [2.05, 4.69) is 10.2 Å². The molecule has 1 aliphatic carbocycles. The highest BCUT2D eigenvalue weighted by atomic mass is 35.5. The molecule has 0 bridgehead atoms. The van der Waals surface area contributed by atoms with Crippen molar-refractivity contribution in [2.24, 2.45) is 11.8 Å². The third kappa shape index (κ3) is 5.43. The van der Waals surface area contributed by atoms with Crippen LogP contribution < -0.4 is 5.32 Å². The highest BCUT2D eigenvalue weighted by Gasteiger charge is 2.42. The Morgan fingerprint density at radius 2 is 2.15 bits per heavy atom. The molecular formula is C14H27ClN2O2S. The van der Waals surface area contributed by atoms with Gasteiger partial charge in [-0.3, -0.25) is 9.69 Å². The summed E-state index contributed by atoms with van der Waals surface area (Å²) in [5.74, 6) is 2.65. The number of rotatable bonds is 8. The average molecular weight is 323 g/mol. The number of hydrogen-bond donors (Lipinski definition) is 1. The standard InChI is InChI=1S/C14H26N2O2S.ClH/c1-18-7-6-16-9-12(11-3-4-11)13(10-16)15-14(17)5-8-19-2;/h11-13H,3-10H2,1-2H3,(H,15,17);1H/t12-,13+;/m1./s1. The molecule has 2 aliphatic rings. The number of amides is 1. The molecule has 1 heterocycles. The van der Waals surface area contributed by atoms with Crippen molar-refractivity contribution in [2.75, 3.05) is 45.4 Å². The first-order valence-corrected chi connectivity index (χ1v) is 8.63. The Morgan fingerprint density at radius 3 is 2.75 bits per heavy atom. The van der Waals surface area contributed by atoms with Gasteiger partial charge in [0, 0.05) is 45.0 Å². The van der Waals surface area contributed by atoms with Crippen LogP contribution in [0.15, 0.2) is 0 Å². The molecule has 2 atom stereocenters. The van der Waals surface area contributed by atoms with E-state index >= 15 is 0 Å². The summed E-state index contributed by atoms with van der Waals surface area (Å²) in [5, 5.41) is 3.26. The van der Waals surface area contributed by atoms with Crippen LogP contribution in [0.1, 0.15) is 19.3 Å². The monoisotopic (exact) mass is 322 g/mol. The fourth-order valence-electron chi connectivity index (χ4n) is 2.94. The van der Waals surface area contributed by atoms with Gasteiger partial charge in [0.05, 0.1) is 6.61 Å². The van der Waals surface area contributed by atoms with Crippen LogP contribution in [0, 0.1) is 11.8 Å². The lowest BCUT2D eigenvalue weighted by Gasteiger charge is -2.19. The Bertz CT molecular complexity index is 303. The number of likely N-dealkylation sites (tertiary alicyclic amines) is 1. The van der Waals surface area contributed by atoms with Crippen molar-refractivity contribution in [3.05, 3.63) is 0 Å². The Morgan fingerprint density at radius 1 is 1.40 bits per heavy atom. The first-order chi connectivity index (χ1) is 9.24. The molecule has 6 heteroatoms. The van der Waals surface area contributed by atoms with Crippen molar-refractivity contribution in [3.63, 3.8) is 0 Å². The van der Waals surface area contributed by atoms with Crippen molar-refractivity contribution in [1.29, 1.82) is 0 Å². The van der Waals surface area contributed by atoms with Crippen LogP contribution in [-0.4, -0.2) is 62.2 Å². The molecule has 0 aromatic carbocycles. The number of thioether (sulfide) groups is 1. The molecular weight excluding hydrogens is 296 g/mol. The van der Waals surface area contributed by atoms with Crippen molar-refractivity contribution in [3.8, 4) is 0 Å². The van der Waals surface area contributed by atoms with E-state index in [1.165, 1.54) is 12.8 Å². The van der Waals surface area contributed by atoms with Gasteiger partial charge in [0.15, 0.2) is 0 Å². The number of carbonyl (C=O) groups excluding carboxylic acids is 1. The Kier molecular flexibility index (Phi) is 8.25. The summed E-state index contributed by atoms with van der Waals surface area (Å²) < 4.78 is 5.15. The number of methoxy groups -OCH3 is 1. The minimum absolute atomic E-state index is 0. The quantitative estimate of drug-likeness (QED) is 0.737. The number of nitrogens with one attached hydrogen (secondary N) is 1. The lowest BCUT2D eigenvalue weighted by atomic mass is 9.98. The largest absolute Gasteiger partial charge is 0.383 e. The highest BCUT2D eigenvalue weighted by molar-refractivity contribution is 7.98. The van der Waals surface area contributed by atoms with E-state index in [0.29, 0.717) is 18.4 Å². The minimum atomic E-state index is 0. The maximum absolute atomic E-state index is 11.9. The number of nitrogens with zero attached hydrogens (tertiary/aromatic N) is 1. The average Bonchev–Trinajstić information content (AvgIpc) is 3.17. The van der Waals surface area contributed by atoms with Gasteiger partial charge < -0.3 is 10.1 Å². The van der Waals surface area contributed by atoms with Gasteiger partial charge in [-0.25, -0.2) is 0 Å². The lowest BCUT2D eigenvalue weighted by molar-refractivity contribution is -0.121. The van der Waals surface area contributed by atoms with Crippen LogP contribution in [-0.2, 0) is 9.53 Å². The summed E-state index contributed by atoms with van der Waals surface area (Å²) in [5.41, 5.74) is 0. The minimum Gasteiger partial charge on any atom is -0.383 e. The van der Waals surface area contributed by atoms with Gasteiger partial charge in [0.25, 0.3) is 0 Å². The molecule has 0 aromatic rings. The SMILES string of the molecule is COCCN1C[C@H](NC(=O)CCSC)[C@@H](C2CC2)C1.Cl. The van der Waals surface area contributed by atoms with E-state index in [0.717, 1.165) is 37.9 Å². The van der Waals surface area contributed by atoms with Gasteiger partial charge in [0.2, 0.25) is 5.91 Å². The van der Waals surface area contributed by atoms with Crippen molar-refractivity contribution in [2.45, 2.75) is 25.3 Å². The Hall–Kier alpha value is 0.0300. The van der Waals surface area contributed by atoms with Gasteiger partial charge in [-0.15, -0.1) is 12.4 Å². The molecule has 4 nitrogen and oxygen atoms in total. The fraction of sp³-hybridized carbons (Fsp3) is 0.929. The smallest absolute Gasteiger partial charge is 0.221 e. The molecule has 1 aliphatic heterocycles. The van der Waals surface area contributed by atoms with Crippen LogP contribution in [0.25, 0.3) is 0 Å². The Labute approximate surface area is 132 Å². The number of hydrogen-bond acceptors (Lipinski definition) is 4. The van der Waals surface area contributed by atoms with E-state index in [1.807, 2.05) is 6.26 Å². The first-order valence-electron chi connectivity index (χ1n) is 7.24. The molecule has 0 aromatic heterocycles. The number of halogens is 1. The van der Waals surface area contributed by atoms with Crippen molar-refractivity contribution in [1.82, 2.24) is 10.2 Å². The zero-order valence-electron chi connectivity index (χ0n) is 12.5. The summed E-state index contributed by atoms with van der Waals surface area (Å²) in [6.07, 6.45) is 5.38. The van der Waals surface area contributed by atoms with Gasteiger partial charge in [-0.2, -0.15) is 11.8 Å². The molecule has 0 radical (unpaired) electrons. The summed E-state index contributed by atoms with van der Waals surface area (Å²) in [7, 11) is 1.75. The van der Waals surface area contributed by atoms with E-state index in [-0.39, 0.29) is 18.3 Å². The topological polar surface area (TPSA) is 41.6 Å². The van der Waals surface area contributed by atoms with Gasteiger partial charge in [0.1, 0.15) is 0 Å². The third-order valence-electron chi connectivity index (χ3n) is 4.16. The predicted molar refractivity (Wildman–Crippen MR) is 86.7 cm³/mol. The normalized spacial score (nSPS) is 26.3. The highest BCUT2D eigenvalue weighted by Crippen LogP contribution is 2.41. The van der Waals surface area contributed by atoms with Crippen LogP contribution in [0.3, 0.4) is 0 Å². The molecule has 118 valence electrons. The molecule has 20 heavy (non-hydrogen) atoms. The van der Waals surface area contributed by atoms with Crippen LogP contribution in [0.5, 0.6) is 0 Å². The maximum atomic E-state index is 11.9. The molecule has 2 fully saturated rings. The maximum Gasteiger partial charge on any atom is 0.221 e. The molecule has 0 unspecified atom stereocenters. The summed E-state index contributed by atoms with van der Waals surface area (Å²) >= 11 is 1.73. The van der Waals surface area contributed by atoms with Crippen LogP contribution >= 0.6 is 24.2 Å². The van der Waals surface area contributed by atoms with Crippen LogP contribution in [0.2, 0.25) is 0 Å². The third-order valence-corrected chi connectivity index (χ3v) is 4.77. The van der Waals surface area contributed by atoms with E-state index in [4.69, 9.17) is 4.74 Å². The van der Waals surface area contributed by atoms with Gasteiger partial charge >= 0.3 is 0 Å². The summed E-state index contributed by atoms with van der Waals surface area (Å²) in [6, 6.07) is 0.360. The van der Waals surface area contributed by atoms with Gasteiger partial charge in [-0.05, 0) is 30.9 Å². The molecule has 0 spiro atoms. The molecule has 2 rings (SSSR count). The lowest BCUT2D eigenvalue weighted by Crippen LogP contribution is -2.41. The second-order valence-electron chi connectivity index (χ2n) is 5.67. The zero-order valence-corrected chi connectivity index (χ0v) is 14.1. The number of ether oxygens (including phenoxy) is 1. The fourth-order valence-corrected chi connectivity index (χ4v) is 3.33. The van der Waals surface area contributed by atoms with E-state index in [1.54, 1.807) is 18.9 Å². The molecule has 1 saturated heterocycles. The second-order valence-corrected chi connectivity index (χ2v) is 6.66. The van der Waals surface area contributed by atoms with Gasteiger partial charge in [-0.1, -0.05) is 0 Å². The molecule has 1 amide bonds. The predicted octanol–water partition coefficient (Wildman–Crippen LogP) is 1.63. The second kappa shape index (κ2) is 9.13. The summed E-state index contributed by atoms with van der Waals surface area (Å²) in [6.45, 7) is 3.89. The Balaban J connectivity index is 0.00000200. The summed E-state index contributed by atoms with van der Waals surface area (Å²) in [4.78, 5) is 14.3. The number of carbonyl (C=O) groups is 1. The van der Waals surface area contributed by atoms with Crippen LogP contribution in [0.4, 0.5) is 0 Å². The van der Waals surface area contributed by atoms with E-state index in [9.17, 15) is 4.79 Å². The molecule has 1 saturated carbocycles. The zero-order chi connectivity index (χ0) is 13.7. The van der Waals surface area contributed by atoms with Crippen molar-refractivity contribution >= 4 is 30.1 Å². The first kappa shape index (κ1) is 18.1. The van der Waals surface area contributed by atoms with Crippen molar-refractivity contribution < 1.29 is 9.53 Å².